The summed E-state index contributed by atoms with van der Waals surface area (Å²) in [6.45, 7) is 6.38. The van der Waals surface area contributed by atoms with Gasteiger partial charge in [0.15, 0.2) is 5.65 Å². The molecule has 37 heavy (non-hydrogen) atoms. The molecule has 0 atom stereocenters. The van der Waals surface area contributed by atoms with Crippen LogP contribution in [0.15, 0.2) is 60.8 Å². The zero-order chi connectivity index (χ0) is 26.1. The Morgan fingerprint density at radius 2 is 1.65 bits per heavy atom. The van der Waals surface area contributed by atoms with Crippen LogP contribution >= 0.6 is 11.6 Å². The van der Waals surface area contributed by atoms with E-state index >= 15 is 0 Å². The fraction of sp³-hybridized carbons (Fsp3) is 0.214. The summed E-state index contributed by atoms with van der Waals surface area (Å²) < 4.78 is 8.81. The Morgan fingerprint density at radius 3 is 2.35 bits per heavy atom. The Kier molecular flexibility index (Phi) is 6.67. The number of amides is 1. The number of hydrogen-bond acceptors (Lipinski definition) is 5. The van der Waals surface area contributed by atoms with Crippen molar-refractivity contribution in [3.05, 3.63) is 88.5 Å². The average Bonchev–Trinajstić information content (AvgIpc) is 3.35. The lowest BCUT2D eigenvalue weighted by Crippen LogP contribution is -2.20. The average molecular weight is 515 g/mol. The maximum atomic E-state index is 13.1. The summed E-state index contributed by atoms with van der Waals surface area (Å²) in [5.74, 6) is 0.596. The number of aryl methyl sites for hydroxylation is 2. The van der Waals surface area contributed by atoms with E-state index in [1.807, 2.05) is 80.1 Å². The number of nitrogens with one attached hydrogen (secondary N) is 1. The highest BCUT2D eigenvalue weighted by Crippen LogP contribution is 2.31. The van der Waals surface area contributed by atoms with Crippen LogP contribution in [0.4, 0.5) is 5.69 Å². The zero-order valence-electron chi connectivity index (χ0n) is 21.1. The molecule has 5 aromatic rings. The van der Waals surface area contributed by atoms with E-state index in [2.05, 4.69) is 20.5 Å². The number of ether oxygens (including phenoxy) is 1. The number of pyridine rings is 1. The summed E-state index contributed by atoms with van der Waals surface area (Å²) in [7, 11) is 1.65. The molecule has 3 aromatic heterocycles. The predicted octanol–water partition coefficient (Wildman–Crippen LogP) is 5.57. The number of carbonyl (C=O) groups excluding carboxylic acids is 1. The maximum Gasteiger partial charge on any atom is 0.246 e. The van der Waals surface area contributed by atoms with Crippen molar-refractivity contribution in [3.8, 4) is 16.9 Å². The van der Waals surface area contributed by atoms with E-state index in [4.69, 9.17) is 16.3 Å². The quantitative estimate of drug-likeness (QED) is 0.307. The lowest BCUT2D eigenvalue weighted by atomic mass is 10.0. The van der Waals surface area contributed by atoms with E-state index in [9.17, 15) is 4.79 Å². The van der Waals surface area contributed by atoms with Gasteiger partial charge in [-0.05, 0) is 67.8 Å². The highest BCUT2D eigenvalue weighted by atomic mass is 35.5. The fourth-order valence-electron chi connectivity index (χ4n) is 4.51. The zero-order valence-corrected chi connectivity index (χ0v) is 21.9. The highest BCUT2D eigenvalue weighted by Gasteiger charge is 2.18. The van der Waals surface area contributed by atoms with E-state index in [1.165, 1.54) is 0 Å². The van der Waals surface area contributed by atoms with Crippen molar-refractivity contribution >= 4 is 34.2 Å². The van der Waals surface area contributed by atoms with Gasteiger partial charge >= 0.3 is 0 Å². The molecule has 0 spiro atoms. The largest absolute Gasteiger partial charge is 0.497 e. The van der Waals surface area contributed by atoms with E-state index in [1.54, 1.807) is 18.0 Å². The molecule has 0 aliphatic heterocycles. The van der Waals surface area contributed by atoms with Crippen molar-refractivity contribution in [1.29, 1.82) is 0 Å². The Bertz CT molecular complexity index is 1590. The van der Waals surface area contributed by atoms with Gasteiger partial charge < -0.3 is 10.1 Å². The Labute approximate surface area is 219 Å². The van der Waals surface area contributed by atoms with Crippen LogP contribution in [0.2, 0.25) is 5.02 Å². The normalized spacial score (nSPS) is 11.2. The van der Waals surface area contributed by atoms with Gasteiger partial charge in [-0.3, -0.25) is 9.48 Å². The van der Waals surface area contributed by atoms with Crippen molar-refractivity contribution in [3.63, 3.8) is 0 Å². The molecular weight excluding hydrogens is 488 g/mol. The minimum absolute atomic E-state index is 0.0324. The Balaban J connectivity index is 1.37. The molecule has 0 radical (unpaired) electrons. The number of aromatic nitrogens is 5. The van der Waals surface area contributed by atoms with Gasteiger partial charge in [0.05, 0.1) is 36.4 Å². The second-order valence-electron chi connectivity index (χ2n) is 8.91. The van der Waals surface area contributed by atoms with Crippen molar-refractivity contribution in [2.24, 2.45) is 0 Å². The third-order valence-corrected chi connectivity index (χ3v) is 6.65. The van der Waals surface area contributed by atoms with E-state index in [-0.39, 0.29) is 12.5 Å². The fourth-order valence-corrected chi connectivity index (χ4v) is 4.64. The number of hydrogen-bond donors (Lipinski definition) is 1. The monoisotopic (exact) mass is 514 g/mol. The van der Waals surface area contributed by atoms with Gasteiger partial charge in [0.1, 0.15) is 12.3 Å². The van der Waals surface area contributed by atoms with Gasteiger partial charge in [0, 0.05) is 16.6 Å². The Morgan fingerprint density at radius 1 is 0.946 bits per heavy atom. The molecule has 0 aliphatic rings. The molecule has 1 N–H and O–H groups in total. The number of fused-ring (bicyclic) bond motifs is 1. The van der Waals surface area contributed by atoms with Crippen molar-refractivity contribution < 1.29 is 9.53 Å². The van der Waals surface area contributed by atoms with Crippen molar-refractivity contribution in [2.45, 2.75) is 33.9 Å². The number of rotatable bonds is 7. The van der Waals surface area contributed by atoms with Crippen LogP contribution in [-0.2, 0) is 17.9 Å². The summed E-state index contributed by atoms with van der Waals surface area (Å²) in [4.78, 5) is 17.6. The van der Waals surface area contributed by atoms with Crippen LogP contribution in [0.25, 0.3) is 22.2 Å². The molecule has 0 saturated heterocycles. The lowest BCUT2D eigenvalue weighted by molar-refractivity contribution is -0.116. The molecule has 5 rings (SSSR count). The first-order valence-electron chi connectivity index (χ1n) is 11.9. The topological polar surface area (TPSA) is 86.9 Å². The molecule has 0 unspecified atom stereocenters. The minimum Gasteiger partial charge on any atom is -0.497 e. The van der Waals surface area contributed by atoms with Gasteiger partial charge in [-0.1, -0.05) is 35.9 Å². The maximum absolute atomic E-state index is 13.1. The number of methoxy groups -OCH3 is 1. The molecular formula is C28H27ClN6O2. The first-order chi connectivity index (χ1) is 17.8. The second kappa shape index (κ2) is 10.1. The van der Waals surface area contributed by atoms with Crippen molar-refractivity contribution in [2.75, 3.05) is 12.4 Å². The van der Waals surface area contributed by atoms with E-state index < -0.39 is 0 Å². The molecule has 3 heterocycles. The molecule has 9 heteroatoms. The third-order valence-electron chi connectivity index (χ3n) is 6.39. The van der Waals surface area contributed by atoms with Crippen LogP contribution in [0.5, 0.6) is 5.75 Å². The Hall–Kier alpha value is -4.17. The molecule has 0 fully saturated rings. The molecule has 188 valence electrons. The smallest absolute Gasteiger partial charge is 0.246 e. The second-order valence-corrected chi connectivity index (χ2v) is 9.34. The molecule has 0 saturated carbocycles. The summed E-state index contributed by atoms with van der Waals surface area (Å²) in [5.41, 5.74) is 6.91. The number of carbonyl (C=O) groups is 1. The number of anilines is 1. The number of benzene rings is 2. The van der Waals surface area contributed by atoms with Gasteiger partial charge in [0.25, 0.3) is 0 Å². The molecule has 8 nitrogen and oxygen atoms in total. The summed E-state index contributed by atoms with van der Waals surface area (Å²) in [6, 6.07) is 17.5. The van der Waals surface area contributed by atoms with Crippen LogP contribution in [-0.4, -0.2) is 37.6 Å². The van der Waals surface area contributed by atoms with Crippen LogP contribution in [0.1, 0.15) is 22.6 Å². The first-order valence-corrected chi connectivity index (χ1v) is 12.3. The summed E-state index contributed by atoms with van der Waals surface area (Å²) in [5, 5.41) is 13.9. The van der Waals surface area contributed by atoms with Gasteiger partial charge in [0.2, 0.25) is 5.91 Å². The lowest BCUT2D eigenvalue weighted by Gasteiger charge is -2.09. The number of halogens is 1. The van der Waals surface area contributed by atoms with Crippen LogP contribution < -0.4 is 10.1 Å². The van der Waals surface area contributed by atoms with Gasteiger partial charge in [-0.15, -0.1) is 0 Å². The molecule has 0 aliphatic carbocycles. The van der Waals surface area contributed by atoms with Gasteiger partial charge in [-0.2, -0.15) is 10.2 Å². The van der Waals surface area contributed by atoms with Gasteiger partial charge in [-0.25, -0.2) is 9.67 Å². The first kappa shape index (κ1) is 24.5. The van der Waals surface area contributed by atoms with Crippen molar-refractivity contribution in [1.82, 2.24) is 24.5 Å². The highest BCUT2D eigenvalue weighted by molar-refractivity contribution is 6.30. The molecule has 0 bridgehead atoms. The summed E-state index contributed by atoms with van der Waals surface area (Å²) >= 11 is 6.00. The SMILES string of the molecule is COc1ccc(-c2ccnc3c2c(C)nn3CC(=O)Nc2c(C)nn(Cc3ccc(Cl)cc3)c2C)cc1. The molecule has 2 aromatic carbocycles. The predicted molar refractivity (Wildman–Crippen MR) is 145 cm³/mol. The minimum atomic E-state index is -0.196. The third kappa shape index (κ3) is 4.93. The summed E-state index contributed by atoms with van der Waals surface area (Å²) in [6.07, 6.45) is 1.74. The standard InChI is InChI=1S/C28H27ClN6O2/c1-17-26-24(21-7-11-23(37-4)12-8-21)13-14-30-28(26)35(32-17)16-25(36)31-27-18(2)33-34(19(27)3)15-20-5-9-22(29)10-6-20/h5-14H,15-16H2,1-4H3,(H,31,36). The molecule has 1 amide bonds. The van der Waals surface area contributed by atoms with E-state index in [0.29, 0.717) is 22.9 Å². The van der Waals surface area contributed by atoms with Crippen LogP contribution in [0.3, 0.4) is 0 Å². The van der Waals surface area contributed by atoms with Crippen LogP contribution in [0, 0.1) is 20.8 Å². The van der Waals surface area contributed by atoms with E-state index in [0.717, 1.165) is 44.9 Å². The number of nitrogens with zero attached hydrogens (tertiary/aromatic N) is 5.